The van der Waals surface area contributed by atoms with Crippen LogP contribution in [0.2, 0.25) is 0 Å². The topological polar surface area (TPSA) is 43.1 Å². The highest BCUT2D eigenvalue weighted by Crippen LogP contribution is 2.31. The van der Waals surface area contributed by atoms with Gasteiger partial charge in [-0.1, -0.05) is 30.7 Å². The summed E-state index contributed by atoms with van der Waals surface area (Å²) in [6, 6.07) is 9.38. The molecule has 2 atom stereocenters. The molecule has 0 heterocycles. The Labute approximate surface area is 124 Å². The fraction of sp³-hybridized carbons (Fsp3) is 0.500. The Bertz CT molecular complexity index is 473. The van der Waals surface area contributed by atoms with E-state index in [-0.39, 0.29) is 10.2 Å². The third kappa shape index (κ3) is 4.10. The molecular weight excluding hydrogens is 270 g/mol. The Hall–Kier alpha value is -1.29. The molecule has 0 radical (unpaired) electrons. The maximum atomic E-state index is 11.5. The highest BCUT2D eigenvalue weighted by molar-refractivity contribution is 8.00. The summed E-state index contributed by atoms with van der Waals surface area (Å²) >= 11 is 1.60. The molecule has 0 aromatic heterocycles. The van der Waals surface area contributed by atoms with Crippen molar-refractivity contribution in [3.05, 3.63) is 52.1 Å². The van der Waals surface area contributed by atoms with E-state index in [1.807, 2.05) is 37.3 Å². The van der Waals surface area contributed by atoms with Crippen LogP contribution in [0.4, 0.5) is 0 Å². The summed E-state index contributed by atoms with van der Waals surface area (Å²) in [5, 5.41) is 11.4. The first kappa shape index (κ1) is 15.1. The zero-order chi connectivity index (χ0) is 14.4. The van der Waals surface area contributed by atoms with Crippen LogP contribution in [0.1, 0.15) is 39.0 Å². The van der Waals surface area contributed by atoms with Crippen LogP contribution in [0.15, 0.2) is 46.9 Å². The number of nitro groups is 1. The molecule has 0 saturated carbocycles. The van der Waals surface area contributed by atoms with E-state index < -0.39 is 6.04 Å². The average molecular weight is 291 g/mol. The molecule has 0 fully saturated rings. The summed E-state index contributed by atoms with van der Waals surface area (Å²) in [6.45, 7) is 1.97. The van der Waals surface area contributed by atoms with Gasteiger partial charge in [0.25, 0.3) is 0 Å². The molecule has 1 aromatic carbocycles. The molecule has 0 amide bonds. The second kappa shape index (κ2) is 7.48. The fourth-order valence-electron chi connectivity index (χ4n) is 2.69. The van der Waals surface area contributed by atoms with E-state index in [4.69, 9.17) is 0 Å². The lowest BCUT2D eigenvalue weighted by Crippen LogP contribution is -2.31. The summed E-state index contributed by atoms with van der Waals surface area (Å²) in [5.41, 5.74) is 1.03. The van der Waals surface area contributed by atoms with Crippen molar-refractivity contribution in [2.75, 3.05) is 0 Å². The van der Waals surface area contributed by atoms with Gasteiger partial charge >= 0.3 is 0 Å². The Kier molecular flexibility index (Phi) is 5.65. The molecule has 0 N–H and O–H groups in total. The molecule has 1 aliphatic carbocycles. The van der Waals surface area contributed by atoms with Crippen molar-refractivity contribution in [1.29, 1.82) is 0 Å². The SMILES string of the molecule is CC(Sc1ccccc1)C(C1=CCCCCC1)[N+](=O)[O-]. The summed E-state index contributed by atoms with van der Waals surface area (Å²) in [6.07, 6.45) is 7.41. The molecular formula is C16H21NO2S. The summed E-state index contributed by atoms with van der Waals surface area (Å²) in [4.78, 5) is 12.5. The van der Waals surface area contributed by atoms with Gasteiger partial charge < -0.3 is 0 Å². The Morgan fingerprint density at radius 1 is 1.20 bits per heavy atom. The van der Waals surface area contributed by atoms with Gasteiger partial charge in [-0.05, 0) is 44.7 Å². The number of hydrogen-bond acceptors (Lipinski definition) is 3. The molecule has 3 nitrogen and oxygen atoms in total. The van der Waals surface area contributed by atoms with Gasteiger partial charge in [-0.3, -0.25) is 10.1 Å². The van der Waals surface area contributed by atoms with Crippen LogP contribution < -0.4 is 0 Å². The van der Waals surface area contributed by atoms with Crippen molar-refractivity contribution < 1.29 is 4.92 Å². The van der Waals surface area contributed by atoms with E-state index in [0.717, 1.165) is 36.2 Å². The quantitative estimate of drug-likeness (QED) is 0.342. The van der Waals surface area contributed by atoms with Gasteiger partial charge in [0.05, 0.1) is 5.25 Å². The van der Waals surface area contributed by atoms with Crippen molar-refractivity contribution in [2.24, 2.45) is 0 Å². The third-order valence-corrected chi connectivity index (χ3v) is 4.87. The van der Waals surface area contributed by atoms with E-state index in [1.54, 1.807) is 11.8 Å². The predicted molar refractivity (Wildman–Crippen MR) is 83.7 cm³/mol. The highest BCUT2D eigenvalue weighted by atomic mass is 32.2. The molecule has 1 aromatic rings. The van der Waals surface area contributed by atoms with Gasteiger partial charge in [0.15, 0.2) is 0 Å². The van der Waals surface area contributed by atoms with Gasteiger partial charge in [0.2, 0.25) is 6.04 Å². The largest absolute Gasteiger partial charge is 0.264 e. The molecule has 2 rings (SSSR count). The monoisotopic (exact) mass is 291 g/mol. The minimum atomic E-state index is -0.557. The second-order valence-corrected chi connectivity index (χ2v) is 6.70. The molecule has 108 valence electrons. The van der Waals surface area contributed by atoms with E-state index in [0.29, 0.717) is 0 Å². The van der Waals surface area contributed by atoms with Gasteiger partial charge in [-0.25, -0.2) is 0 Å². The van der Waals surface area contributed by atoms with Crippen LogP contribution in [0.5, 0.6) is 0 Å². The number of hydrogen-bond donors (Lipinski definition) is 0. The minimum Gasteiger partial charge on any atom is -0.264 e. The van der Waals surface area contributed by atoms with Crippen LogP contribution in [0.25, 0.3) is 0 Å². The number of nitrogens with zero attached hydrogens (tertiary/aromatic N) is 1. The van der Waals surface area contributed by atoms with Crippen LogP contribution >= 0.6 is 11.8 Å². The number of benzene rings is 1. The Morgan fingerprint density at radius 2 is 1.95 bits per heavy atom. The fourth-order valence-corrected chi connectivity index (χ4v) is 3.84. The van der Waals surface area contributed by atoms with Crippen molar-refractivity contribution in [2.45, 2.75) is 55.2 Å². The smallest absolute Gasteiger partial charge is 0.245 e. The first-order valence-corrected chi connectivity index (χ1v) is 8.10. The maximum Gasteiger partial charge on any atom is 0.245 e. The lowest BCUT2D eigenvalue weighted by Gasteiger charge is -2.19. The highest BCUT2D eigenvalue weighted by Gasteiger charge is 2.32. The zero-order valence-electron chi connectivity index (χ0n) is 11.8. The van der Waals surface area contributed by atoms with Gasteiger partial charge in [-0.2, -0.15) is 0 Å². The first-order chi connectivity index (χ1) is 9.68. The van der Waals surface area contributed by atoms with E-state index in [2.05, 4.69) is 6.08 Å². The maximum absolute atomic E-state index is 11.5. The molecule has 4 heteroatoms. The van der Waals surface area contributed by atoms with E-state index in [9.17, 15) is 10.1 Å². The van der Waals surface area contributed by atoms with E-state index >= 15 is 0 Å². The standard InChI is InChI=1S/C16H21NO2S/c1-13(20-15-11-7-4-8-12-15)16(17(18)19)14-9-5-2-3-6-10-14/h4,7-9,11-13,16H,2-3,5-6,10H2,1H3. The van der Waals surface area contributed by atoms with Crippen molar-refractivity contribution >= 4 is 11.8 Å². The van der Waals surface area contributed by atoms with Gasteiger partial charge in [0, 0.05) is 15.4 Å². The van der Waals surface area contributed by atoms with Crippen LogP contribution in [0, 0.1) is 10.1 Å². The van der Waals surface area contributed by atoms with Crippen LogP contribution in [-0.2, 0) is 0 Å². The summed E-state index contributed by atoms with van der Waals surface area (Å²) < 4.78 is 0. The van der Waals surface area contributed by atoms with Crippen molar-refractivity contribution in [3.63, 3.8) is 0 Å². The zero-order valence-corrected chi connectivity index (χ0v) is 12.6. The lowest BCUT2D eigenvalue weighted by atomic mass is 10.0. The van der Waals surface area contributed by atoms with E-state index in [1.165, 1.54) is 6.42 Å². The minimum absolute atomic E-state index is 0.0447. The number of allylic oxidation sites excluding steroid dienone is 1. The van der Waals surface area contributed by atoms with Crippen molar-refractivity contribution in [3.8, 4) is 0 Å². The molecule has 0 bridgehead atoms. The molecule has 2 unspecified atom stereocenters. The Balaban J connectivity index is 2.11. The predicted octanol–water partition coefficient (Wildman–Crippen LogP) is 4.70. The third-order valence-electron chi connectivity index (χ3n) is 3.69. The van der Waals surface area contributed by atoms with Gasteiger partial charge in [0.1, 0.15) is 0 Å². The van der Waals surface area contributed by atoms with Gasteiger partial charge in [-0.15, -0.1) is 11.8 Å². The molecule has 20 heavy (non-hydrogen) atoms. The average Bonchev–Trinajstić information content (AvgIpc) is 2.68. The Morgan fingerprint density at radius 3 is 2.65 bits per heavy atom. The van der Waals surface area contributed by atoms with Crippen LogP contribution in [0.3, 0.4) is 0 Å². The normalized spacial score (nSPS) is 18.8. The molecule has 0 saturated heterocycles. The second-order valence-electron chi connectivity index (χ2n) is 5.24. The number of thioether (sulfide) groups is 1. The molecule has 0 spiro atoms. The summed E-state index contributed by atoms with van der Waals surface area (Å²) in [7, 11) is 0. The van der Waals surface area contributed by atoms with Crippen LogP contribution in [-0.4, -0.2) is 16.2 Å². The lowest BCUT2D eigenvalue weighted by molar-refractivity contribution is -0.511. The van der Waals surface area contributed by atoms with Crippen molar-refractivity contribution in [1.82, 2.24) is 0 Å². The first-order valence-electron chi connectivity index (χ1n) is 7.22. The molecule has 1 aliphatic rings. The summed E-state index contributed by atoms with van der Waals surface area (Å²) in [5.74, 6) is 0. The molecule has 0 aliphatic heterocycles. The number of rotatable bonds is 5.